The van der Waals surface area contributed by atoms with Gasteiger partial charge in [0.2, 0.25) is 5.88 Å². The van der Waals surface area contributed by atoms with E-state index in [0.717, 1.165) is 252 Å². The van der Waals surface area contributed by atoms with Gasteiger partial charge < -0.3 is 95.2 Å². The SMILES string of the molecule is CC(C)N1CCC(Cc2ccccn2)(NC(=O)C(O)CO)CC1.CC(C)N1CCC(O)(Cc2cccnc2)CC1.CC(C)N1CCC(O)(Cc2cncc(F)c2)CC1.CC(C)N1CCC(O)(Cc2ncccc2Cl)CC1.CC(C)N1CCC(O)(Cc2ncccc2F)CC1.COc1ccc(CC2(O)CCN(C(C)C)CC2)cn1.Cc1cccc(CC2(O)CCN(C(C)C)CC2)n1.Cc1cnc(CC2(O)CCN(C(C)C)CC2)cn1. The van der Waals surface area contributed by atoms with Crippen molar-refractivity contribution in [3.8, 4) is 5.88 Å². The van der Waals surface area contributed by atoms with Gasteiger partial charge in [-0.25, -0.2) is 13.8 Å². The van der Waals surface area contributed by atoms with Gasteiger partial charge in [0.1, 0.15) is 11.6 Å². The van der Waals surface area contributed by atoms with E-state index in [0.29, 0.717) is 123 Å². The maximum Gasteiger partial charge on any atom is 0.251 e. The smallest absolute Gasteiger partial charge is 0.251 e. The van der Waals surface area contributed by atoms with Crippen LogP contribution in [0.25, 0.3) is 0 Å². The van der Waals surface area contributed by atoms with Crippen molar-refractivity contribution in [1.82, 2.24) is 89.4 Å². The van der Waals surface area contributed by atoms with Crippen molar-refractivity contribution in [2.24, 2.45) is 0 Å². The van der Waals surface area contributed by atoms with Gasteiger partial charge >= 0.3 is 0 Å². The van der Waals surface area contributed by atoms with Crippen LogP contribution in [0.15, 0.2) is 153 Å². The van der Waals surface area contributed by atoms with Gasteiger partial charge in [-0.05, 0) is 305 Å². The molecule has 8 aromatic rings. The minimum Gasteiger partial charge on any atom is -0.481 e. The number of halogens is 3. The molecule has 149 heavy (non-hydrogen) atoms. The molecule has 0 saturated carbocycles. The minimum absolute atomic E-state index is 0.311. The fourth-order valence-electron chi connectivity index (χ4n) is 21.0. The first-order valence-corrected chi connectivity index (χ1v) is 55.3. The van der Waals surface area contributed by atoms with Crippen molar-refractivity contribution in [2.45, 2.75) is 378 Å². The van der Waals surface area contributed by atoms with E-state index in [1.54, 1.807) is 62.8 Å². The summed E-state index contributed by atoms with van der Waals surface area (Å²) in [5.74, 6) is -0.556. The van der Waals surface area contributed by atoms with Crippen molar-refractivity contribution in [1.29, 1.82) is 0 Å². The van der Waals surface area contributed by atoms with E-state index in [4.69, 9.17) is 21.4 Å². The highest BCUT2D eigenvalue weighted by Gasteiger charge is 2.43. The summed E-state index contributed by atoms with van der Waals surface area (Å²) in [6.45, 7) is 53.4. The topological polar surface area (TPSA) is 362 Å². The van der Waals surface area contributed by atoms with Gasteiger partial charge in [0.25, 0.3) is 5.91 Å². The van der Waals surface area contributed by atoms with Crippen LogP contribution in [0, 0.1) is 25.5 Å². The van der Waals surface area contributed by atoms with E-state index < -0.39 is 63.4 Å². The fourth-order valence-corrected chi connectivity index (χ4v) is 21.1. The Labute approximate surface area is 894 Å². The summed E-state index contributed by atoms with van der Waals surface area (Å²) in [4.78, 5) is 69.1. The number of likely N-dealkylation sites (tertiary alicyclic amines) is 8. The van der Waals surface area contributed by atoms with Crippen LogP contribution in [0.1, 0.15) is 270 Å². The van der Waals surface area contributed by atoms with Crippen LogP contribution < -0.4 is 10.1 Å². The van der Waals surface area contributed by atoms with Gasteiger partial charge in [0.15, 0.2) is 6.10 Å². The molecule has 8 aromatic heterocycles. The first kappa shape index (κ1) is 124. The summed E-state index contributed by atoms with van der Waals surface area (Å²) < 4.78 is 31.6. The van der Waals surface area contributed by atoms with Gasteiger partial charge in [0.05, 0.1) is 86.9 Å². The number of ether oxygens (including phenoxy) is 1. The standard InChI is InChI=1S/C17H27N3O3.C15H24N2O2.C15H24N2O.C14H21ClN2O.2C14H21FN2O.C14H23N3O.C14H22N2O/c1-13(2)20-9-6-17(7-10-20,19-16(23)15(22)12-21)11-14-5-3-4-8-18-14;1-12(2)17-8-6-15(18,7-9-17)10-13-4-5-14(19-3)16-11-13;1-12(2)17-9-7-15(18,8-10-17)11-14-6-4-5-13(3)16-14;1-11(2)17-8-5-14(18,6-9-17)10-13-12(15)4-3-7-16-13;1-11(2)17-5-3-14(18,4-6-17)8-12-7-13(15)10-16-9-12;1-11(2)17-8-5-14(18,6-9-17)10-13-12(15)4-3-7-16-13;1-11(2)17-6-4-14(18,5-7-17)8-13-10-15-12(3)9-16-13;1-12(2)16-8-5-14(17,6-9-16)10-13-4-3-7-15-11-13/h3-5,8,13,15,21-22H,6-7,9-12H2,1-2H3,(H,19,23);4-5,11-12,18H,6-10H2,1-3H3;4-6,12,18H,7-11H2,1-3H3;3-4,7,11,18H,5-6,8-10H2,1-2H3;7,9-11,18H,3-6,8H2,1-2H3;3-4,7,11,18H,5-6,8-10H2,1-2H3;9-11,18H,4-8H2,1-3H3;3-4,7,11-12,17H,5-6,8-10H2,1-2H3. The number of pyridine rings is 7. The second-order valence-electron chi connectivity index (χ2n) is 45.7. The molecule has 8 aliphatic heterocycles. The van der Waals surface area contributed by atoms with Crippen LogP contribution in [0.3, 0.4) is 0 Å². The average molecular weight is 2090 g/mol. The number of nitrogens with zero attached hydrogens (tertiary/aromatic N) is 17. The molecule has 29 nitrogen and oxygen atoms in total. The number of aryl methyl sites for hydroxylation is 2. The van der Waals surface area contributed by atoms with Gasteiger partial charge in [-0.3, -0.25) is 44.7 Å². The lowest BCUT2D eigenvalue weighted by atomic mass is 9.82. The zero-order chi connectivity index (χ0) is 109. The number of hydrogen-bond donors (Lipinski definition) is 10. The summed E-state index contributed by atoms with van der Waals surface area (Å²) in [6, 6.07) is 32.0. The second kappa shape index (κ2) is 59.5. The number of aromatic nitrogens is 9. The third-order valence-electron chi connectivity index (χ3n) is 31.4. The Morgan fingerprint density at radius 1 is 0.356 bits per heavy atom. The lowest BCUT2D eigenvalue weighted by Gasteiger charge is -2.44. The number of hydrogen-bond acceptors (Lipinski definition) is 28. The monoisotopic (exact) mass is 2090 g/mol. The first-order valence-electron chi connectivity index (χ1n) is 54.9. The Morgan fingerprint density at radius 2 is 0.732 bits per heavy atom. The molecule has 8 aliphatic rings. The lowest BCUT2D eigenvalue weighted by Crippen LogP contribution is -2.59. The molecule has 828 valence electrons. The largest absolute Gasteiger partial charge is 0.481 e. The van der Waals surface area contributed by atoms with Crippen LogP contribution in [-0.2, 0) is 56.2 Å². The number of carbonyl (C=O) groups excluding carboxylic acids is 1. The van der Waals surface area contributed by atoms with Crippen LogP contribution >= 0.6 is 11.6 Å². The molecule has 8 fully saturated rings. The molecule has 16 heterocycles. The molecule has 1 unspecified atom stereocenters. The fraction of sp³-hybridized carbons (Fsp3) is 0.658. The summed E-state index contributed by atoms with van der Waals surface area (Å²) in [6.07, 6.45) is 32.9. The highest BCUT2D eigenvalue weighted by molar-refractivity contribution is 6.31. The maximum absolute atomic E-state index is 13.5. The van der Waals surface area contributed by atoms with E-state index in [1.807, 2.05) is 92.8 Å². The van der Waals surface area contributed by atoms with Crippen LogP contribution in [-0.4, -0.2) is 354 Å². The van der Waals surface area contributed by atoms with Gasteiger partial charge in [-0.15, -0.1) is 0 Å². The number of carbonyl (C=O) groups is 1. The van der Waals surface area contributed by atoms with Crippen molar-refractivity contribution >= 4 is 17.5 Å². The molecule has 8 saturated heterocycles. The third-order valence-corrected chi connectivity index (χ3v) is 31.7. The Kier molecular flexibility index (Phi) is 49.7. The molecule has 0 aromatic carbocycles. The number of nitrogens with one attached hydrogen (secondary N) is 1. The molecule has 16 rings (SSSR count). The number of aliphatic hydroxyl groups is 9. The van der Waals surface area contributed by atoms with Crippen LogP contribution in [0.4, 0.5) is 8.78 Å². The Hall–Kier alpha value is -8.13. The quantitative estimate of drug-likeness (QED) is 0.0218. The predicted octanol–water partition coefficient (Wildman–Crippen LogP) is 14.3. The van der Waals surface area contributed by atoms with E-state index in [1.165, 1.54) is 18.3 Å². The van der Waals surface area contributed by atoms with Crippen molar-refractivity contribution < 1.29 is 64.3 Å². The van der Waals surface area contributed by atoms with Crippen LogP contribution in [0.5, 0.6) is 5.88 Å². The molecule has 0 spiro atoms. The van der Waals surface area contributed by atoms with Crippen LogP contribution in [0.2, 0.25) is 5.02 Å². The molecule has 10 N–H and O–H groups in total. The van der Waals surface area contributed by atoms with E-state index in [-0.39, 0.29) is 11.6 Å². The number of amides is 1. The van der Waals surface area contributed by atoms with E-state index in [9.17, 15) is 54.4 Å². The molecule has 1 atom stereocenters. The second-order valence-corrected chi connectivity index (χ2v) is 46.1. The minimum atomic E-state index is -1.38. The van der Waals surface area contributed by atoms with E-state index in [2.05, 4.69) is 200 Å². The summed E-state index contributed by atoms with van der Waals surface area (Å²) in [5, 5.41) is 96.4. The molecule has 0 radical (unpaired) electrons. The highest BCUT2D eigenvalue weighted by atomic mass is 35.5. The first-order chi connectivity index (χ1) is 70.5. The summed E-state index contributed by atoms with van der Waals surface area (Å²) in [7, 11) is 1.61. The number of piperidine rings is 8. The summed E-state index contributed by atoms with van der Waals surface area (Å²) in [5.41, 5.74) is 4.05. The van der Waals surface area contributed by atoms with Crippen molar-refractivity contribution in [3.63, 3.8) is 0 Å². The Bertz CT molecular complexity index is 4960. The van der Waals surface area contributed by atoms with E-state index >= 15 is 0 Å². The normalized spacial score (nSPS) is 20.1. The number of methoxy groups -OCH3 is 1. The van der Waals surface area contributed by atoms with Gasteiger partial charge in [-0.1, -0.05) is 35.9 Å². The number of aliphatic hydroxyl groups excluding tert-OH is 2. The Balaban J connectivity index is 0.000000189. The molecule has 1 amide bonds. The zero-order valence-electron chi connectivity index (χ0n) is 93.2. The Morgan fingerprint density at radius 3 is 1.09 bits per heavy atom. The van der Waals surface area contributed by atoms with Crippen molar-refractivity contribution in [3.05, 3.63) is 226 Å². The number of rotatable bonds is 28. The average Bonchev–Trinajstić information content (AvgIpc) is 0.810. The van der Waals surface area contributed by atoms with Gasteiger partial charge in [-0.2, -0.15) is 0 Å². The third kappa shape index (κ3) is 42.2. The highest BCUT2D eigenvalue weighted by Crippen LogP contribution is 2.37. The molecule has 0 bridgehead atoms. The predicted molar refractivity (Wildman–Crippen MR) is 588 cm³/mol. The summed E-state index contributed by atoms with van der Waals surface area (Å²) >= 11 is 6.10. The molecule has 32 heteroatoms. The van der Waals surface area contributed by atoms with Crippen molar-refractivity contribution in [2.75, 3.05) is 118 Å². The lowest BCUT2D eigenvalue weighted by molar-refractivity contribution is -0.134. The zero-order valence-corrected chi connectivity index (χ0v) is 94.0. The molecular weight excluding hydrogens is 1910 g/mol. The van der Waals surface area contributed by atoms with Gasteiger partial charge in [0, 0.05) is 289 Å². The molecule has 0 aliphatic carbocycles. The molecular formula is C117H183ClF2N18O11. The maximum atomic E-state index is 13.5.